The van der Waals surface area contributed by atoms with E-state index in [1.54, 1.807) is 49.6 Å². The third kappa shape index (κ3) is 5.62. The Balaban J connectivity index is 1.54. The zero-order chi connectivity index (χ0) is 22.4. The van der Waals surface area contributed by atoms with E-state index in [-0.39, 0.29) is 24.0 Å². The summed E-state index contributed by atoms with van der Waals surface area (Å²) in [6.07, 6.45) is 1.32. The number of methoxy groups -OCH3 is 1. The molecule has 1 atom stereocenters. The quantitative estimate of drug-likeness (QED) is 0.630. The monoisotopic (exact) mass is 445 g/mol. The average molecular weight is 446 g/mol. The summed E-state index contributed by atoms with van der Waals surface area (Å²) in [5, 5.41) is 5.12. The van der Waals surface area contributed by atoms with Gasteiger partial charge >= 0.3 is 11.8 Å². The van der Waals surface area contributed by atoms with Gasteiger partial charge in [0.1, 0.15) is 5.75 Å². The van der Waals surface area contributed by atoms with E-state index in [0.717, 1.165) is 11.1 Å². The van der Waals surface area contributed by atoms with E-state index in [0.29, 0.717) is 25.1 Å². The number of nitrogens with one attached hydrogen (secondary N) is 2. The van der Waals surface area contributed by atoms with Gasteiger partial charge in [0.2, 0.25) is 10.0 Å². The fraction of sp³-hybridized carbons (Fsp3) is 0.364. The third-order valence-corrected chi connectivity index (χ3v) is 7.21. The molecule has 1 aliphatic heterocycles. The summed E-state index contributed by atoms with van der Waals surface area (Å²) in [6.45, 7) is 2.54. The Labute approximate surface area is 182 Å². The summed E-state index contributed by atoms with van der Waals surface area (Å²) in [6, 6.07) is 13.5. The molecule has 1 heterocycles. The van der Waals surface area contributed by atoms with Crippen molar-refractivity contribution in [2.45, 2.75) is 37.2 Å². The highest BCUT2D eigenvalue weighted by molar-refractivity contribution is 7.89. The van der Waals surface area contributed by atoms with Crippen molar-refractivity contribution in [3.05, 3.63) is 59.7 Å². The molecule has 2 N–H and O–H groups in total. The molecule has 3 rings (SSSR count). The van der Waals surface area contributed by atoms with Gasteiger partial charge in [-0.05, 0) is 49.6 Å². The lowest BCUT2D eigenvalue weighted by molar-refractivity contribution is -0.139. The molecule has 0 radical (unpaired) electrons. The van der Waals surface area contributed by atoms with E-state index in [9.17, 15) is 18.0 Å². The number of hydrogen-bond donors (Lipinski definition) is 2. The van der Waals surface area contributed by atoms with Gasteiger partial charge in [-0.2, -0.15) is 4.31 Å². The average Bonchev–Trinajstić information content (AvgIpc) is 3.26. The Bertz CT molecular complexity index is 1040. The number of sulfonamides is 1. The first-order chi connectivity index (χ1) is 14.8. The van der Waals surface area contributed by atoms with Crippen LogP contribution in [0.3, 0.4) is 0 Å². The highest BCUT2D eigenvalue weighted by Crippen LogP contribution is 2.26. The number of amides is 2. The maximum absolute atomic E-state index is 13.0. The predicted octanol–water partition coefficient (Wildman–Crippen LogP) is 1.59. The molecule has 2 aromatic carbocycles. The maximum atomic E-state index is 13.0. The zero-order valence-corrected chi connectivity index (χ0v) is 18.4. The van der Waals surface area contributed by atoms with Crippen LogP contribution in [-0.2, 0) is 26.2 Å². The highest BCUT2D eigenvalue weighted by Gasteiger charge is 2.35. The number of aryl methyl sites for hydroxylation is 1. The number of hydrogen-bond acceptors (Lipinski definition) is 5. The summed E-state index contributed by atoms with van der Waals surface area (Å²) >= 11 is 0. The molecule has 31 heavy (non-hydrogen) atoms. The number of rotatable bonds is 7. The van der Waals surface area contributed by atoms with Gasteiger partial charge in [0.25, 0.3) is 0 Å². The van der Waals surface area contributed by atoms with Crippen LogP contribution in [0.2, 0.25) is 0 Å². The van der Waals surface area contributed by atoms with E-state index >= 15 is 0 Å². The number of carbonyl (C=O) groups is 2. The van der Waals surface area contributed by atoms with Gasteiger partial charge < -0.3 is 15.4 Å². The molecular formula is C22H27N3O5S. The molecule has 0 spiro atoms. The number of carbonyl (C=O) groups excluding carboxylic acids is 2. The topological polar surface area (TPSA) is 105 Å². The first-order valence-electron chi connectivity index (χ1n) is 10.1. The standard InChI is InChI=1S/C22H27N3O5S/c1-16-8-10-20(11-9-16)31(28,29)25-12-4-6-18(25)15-24-22(27)21(26)23-14-17-5-3-7-19(13-17)30-2/h3,5,7-11,13,18H,4,6,12,14-15H2,1-2H3,(H,23,26)(H,24,27). The molecule has 0 bridgehead atoms. The van der Waals surface area contributed by atoms with Crippen molar-refractivity contribution >= 4 is 21.8 Å². The smallest absolute Gasteiger partial charge is 0.309 e. The molecule has 1 aliphatic rings. The van der Waals surface area contributed by atoms with E-state index in [1.165, 1.54) is 4.31 Å². The summed E-state index contributed by atoms with van der Waals surface area (Å²) in [4.78, 5) is 24.5. The Morgan fingerprint density at radius 2 is 1.81 bits per heavy atom. The number of nitrogens with zero attached hydrogens (tertiary/aromatic N) is 1. The normalized spacial score (nSPS) is 16.6. The van der Waals surface area contributed by atoms with Gasteiger partial charge in [0.15, 0.2) is 0 Å². The lowest BCUT2D eigenvalue weighted by atomic mass is 10.2. The van der Waals surface area contributed by atoms with Crippen LogP contribution in [0, 0.1) is 6.92 Å². The minimum Gasteiger partial charge on any atom is -0.497 e. The van der Waals surface area contributed by atoms with Gasteiger partial charge in [0, 0.05) is 25.7 Å². The molecule has 1 unspecified atom stereocenters. The van der Waals surface area contributed by atoms with E-state index in [2.05, 4.69) is 10.6 Å². The predicted molar refractivity (Wildman–Crippen MR) is 116 cm³/mol. The van der Waals surface area contributed by atoms with Crippen molar-refractivity contribution in [1.82, 2.24) is 14.9 Å². The van der Waals surface area contributed by atoms with Crippen LogP contribution in [0.1, 0.15) is 24.0 Å². The fourth-order valence-corrected chi connectivity index (χ4v) is 5.20. The Kier molecular flexibility index (Phi) is 7.29. The Morgan fingerprint density at radius 3 is 2.52 bits per heavy atom. The van der Waals surface area contributed by atoms with Crippen LogP contribution in [0.15, 0.2) is 53.4 Å². The van der Waals surface area contributed by atoms with Gasteiger partial charge in [-0.15, -0.1) is 0 Å². The zero-order valence-electron chi connectivity index (χ0n) is 17.6. The SMILES string of the molecule is COc1cccc(CNC(=O)C(=O)NCC2CCCN2S(=O)(=O)c2ccc(C)cc2)c1. The van der Waals surface area contributed by atoms with Crippen LogP contribution < -0.4 is 15.4 Å². The van der Waals surface area contributed by atoms with Crippen LogP contribution in [0.5, 0.6) is 5.75 Å². The summed E-state index contributed by atoms with van der Waals surface area (Å²) < 4.78 is 32.5. The first kappa shape index (κ1) is 22.8. The van der Waals surface area contributed by atoms with Crippen LogP contribution in [0.25, 0.3) is 0 Å². The molecule has 2 aromatic rings. The van der Waals surface area contributed by atoms with Crippen molar-refractivity contribution < 1.29 is 22.7 Å². The van der Waals surface area contributed by atoms with E-state index in [4.69, 9.17) is 4.74 Å². The molecule has 0 aliphatic carbocycles. The van der Waals surface area contributed by atoms with Gasteiger partial charge in [-0.25, -0.2) is 8.42 Å². The first-order valence-corrected chi connectivity index (χ1v) is 11.5. The highest BCUT2D eigenvalue weighted by atomic mass is 32.2. The van der Waals surface area contributed by atoms with Crippen LogP contribution >= 0.6 is 0 Å². The van der Waals surface area contributed by atoms with E-state index in [1.807, 2.05) is 13.0 Å². The third-order valence-electron chi connectivity index (χ3n) is 5.24. The lowest BCUT2D eigenvalue weighted by Crippen LogP contribution is -2.46. The number of ether oxygens (including phenoxy) is 1. The van der Waals surface area contributed by atoms with Gasteiger partial charge in [-0.1, -0.05) is 29.8 Å². The fourth-order valence-electron chi connectivity index (χ4n) is 3.51. The van der Waals surface area contributed by atoms with E-state index < -0.39 is 21.8 Å². The van der Waals surface area contributed by atoms with Gasteiger partial charge in [0.05, 0.1) is 12.0 Å². The second-order valence-electron chi connectivity index (χ2n) is 7.47. The van der Waals surface area contributed by atoms with Crippen LogP contribution in [0.4, 0.5) is 0 Å². The van der Waals surface area contributed by atoms with Crippen molar-refractivity contribution in [1.29, 1.82) is 0 Å². The maximum Gasteiger partial charge on any atom is 0.309 e. The number of benzene rings is 2. The largest absolute Gasteiger partial charge is 0.497 e. The molecule has 9 heteroatoms. The molecule has 1 saturated heterocycles. The summed E-state index contributed by atoms with van der Waals surface area (Å²) in [5.74, 6) is -0.899. The second-order valence-corrected chi connectivity index (χ2v) is 9.36. The summed E-state index contributed by atoms with van der Waals surface area (Å²) in [5.41, 5.74) is 1.77. The molecule has 2 amide bonds. The molecule has 0 saturated carbocycles. The Hall–Kier alpha value is -2.91. The second kappa shape index (κ2) is 9.93. The summed E-state index contributed by atoms with van der Waals surface area (Å²) in [7, 11) is -2.10. The lowest BCUT2D eigenvalue weighted by Gasteiger charge is -2.24. The van der Waals surface area contributed by atoms with Crippen LogP contribution in [-0.4, -0.2) is 50.8 Å². The van der Waals surface area contributed by atoms with Crippen molar-refractivity contribution in [2.75, 3.05) is 20.2 Å². The molecule has 8 nitrogen and oxygen atoms in total. The van der Waals surface area contributed by atoms with Crippen molar-refractivity contribution in [3.63, 3.8) is 0 Å². The molecule has 1 fully saturated rings. The molecule has 0 aromatic heterocycles. The molecular weight excluding hydrogens is 418 g/mol. The van der Waals surface area contributed by atoms with Crippen molar-refractivity contribution in [2.24, 2.45) is 0 Å². The molecule has 166 valence electrons. The minimum absolute atomic E-state index is 0.0799. The van der Waals surface area contributed by atoms with Crippen molar-refractivity contribution in [3.8, 4) is 5.75 Å². The Morgan fingerprint density at radius 1 is 1.10 bits per heavy atom. The van der Waals surface area contributed by atoms with Gasteiger partial charge in [-0.3, -0.25) is 9.59 Å². The minimum atomic E-state index is -3.66.